The monoisotopic (exact) mass is 333 g/mol. The number of piperidine rings is 1. The van der Waals surface area contributed by atoms with E-state index in [0.29, 0.717) is 11.7 Å². The minimum atomic E-state index is -0.203. The highest BCUT2D eigenvalue weighted by Crippen LogP contribution is 2.21. The van der Waals surface area contributed by atoms with Crippen LogP contribution in [0, 0.1) is 5.92 Å². The SMILES string of the molecule is COCC(=O)Nc1ccc(NC(=O)C2CCN(C(C)C)CC2)cc1. The molecule has 24 heavy (non-hydrogen) atoms. The predicted octanol–water partition coefficient (Wildman–Crippen LogP) is 2.33. The molecule has 0 aromatic heterocycles. The summed E-state index contributed by atoms with van der Waals surface area (Å²) >= 11 is 0. The lowest BCUT2D eigenvalue weighted by Crippen LogP contribution is -2.41. The van der Waals surface area contributed by atoms with Crippen molar-refractivity contribution in [1.29, 1.82) is 0 Å². The van der Waals surface area contributed by atoms with Crippen molar-refractivity contribution >= 4 is 23.2 Å². The first kappa shape index (κ1) is 18.4. The third kappa shape index (κ3) is 5.32. The van der Waals surface area contributed by atoms with Crippen LogP contribution in [-0.2, 0) is 14.3 Å². The van der Waals surface area contributed by atoms with Gasteiger partial charge in [0, 0.05) is 30.4 Å². The number of hydrogen-bond donors (Lipinski definition) is 2. The van der Waals surface area contributed by atoms with E-state index >= 15 is 0 Å². The molecular weight excluding hydrogens is 306 g/mol. The van der Waals surface area contributed by atoms with Crippen LogP contribution >= 0.6 is 0 Å². The first-order valence-electron chi connectivity index (χ1n) is 8.43. The van der Waals surface area contributed by atoms with Crippen LogP contribution in [0.5, 0.6) is 0 Å². The number of methoxy groups -OCH3 is 1. The minimum Gasteiger partial charge on any atom is -0.375 e. The molecule has 1 aliphatic rings. The summed E-state index contributed by atoms with van der Waals surface area (Å²) in [5.41, 5.74) is 1.43. The van der Waals surface area contributed by atoms with Gasteiger partial charge in [0.1, 0.15) is 6.61 Å². The van der Waals surface area contributed by atoms with Gasteiger partial charge in [0.05, 0.1) is 0 Å². The van der Waals surface area contributed by atoms with E-state index < -0.39 is 0 Å². The first-order valence-corrected chi connectivity index (χ1v) is 8.43. The van der Waals surface area contributed by atoms with E-state index in [-0.39, 0.29) is 24.3 Å². The zero-order chi connectivity index (χ0) is 17.5. The Bertz CT molecular complexity index is 549. The molecule has 1 heterocycles. The van der Waals surface area contributed by atoms with Gasteiger partial charge in [-0.2, -0.15) is 0 Å². The van der Waals surface area contributed by atoms with Gasteiger partial charge in [-0.05, 0) is 64.0 Å². The van der Waals surface area contributed by atoms with Crippen molar-refractivity contribution in [2.75, 3.05) is 37.4 Å². The number of carbonyl (C=O) groups excluding carboxylic acids is 2. The van der Waals surface area contributed by atoms with E-state index in [1.807, 2.05) is 0 Å². The van der Waals surface area contributed by atoms with Crippen LogP contribution in [0.2, 0.25) is 0 Å². The lowest BCUT2D eigenvalue weighted by molar-refractivity contribution is -0.121. The second-order valence-electron chi connectivity index (χ2n) is 6.45. The zero-order valence-corrected chi connectivity index (χ0v) is 14.7. The number of benzene rings is 1. The molecule has 0 atom stereocenters. The topological polar surface area (TPSA) is 70.7 Å². The van der Waals surface area contributed by atoms with Gasteiger partial charge >= 0.3 is 0 Å². The lowest BCUT2D eigenvalue weighted by Gasteiger charge is -2.33. The van der Waals surface area contributed by atoms with Gasteiger partial charge in [0.15, 0.2) is 0 Å². The first-order chi connectivity index (χ1) is 11.5. The maximum absolute atomic E-state index is 12.4. The Kier molecular flexibility index (Phi) is 6.75. The molecular formula is C18H27N3O3. The second-order valence-corrected chi connectivity index (χ2v) is 6.45. The van der Waals surface area contributed by atoms with Gasteiger partial charge in [-0.15, -0.1) is 0 Å². The molecule has 0 bridgehead atoms. The number of likely N-dealkylation sites (tertiary alicyclic amines) is 1. The van der Waals surface area contributed by atoms with Crippen molar-refractivity contribution in [3.05, 3.63) is 24.3 Å². The molecule has 2 rings (SSSR count). The van der Waals surface area contributed by atoms with Crippen LogP contribution < -0.4 is 10.6 Å². The van der Waals surface area contributed by atoms with Crippen molar-refractivity contribution in [2.45, 2.75) is 32.7 Å². The molecule has 0 aliphatic carbocycles. The standard InChI is InChI=1S/C18H27N3O3/c1-13(2)21-10-8-14(9-11-21)18(23)20-16-6-4-15(5-7-16)19-17(22)12-24-3/h4-7,13-14H,8-12H2,1-3H3,(H,19,22)(H,20,23). The summed E-state index contributed by atoms with van der Waals surface area (Å²) in [5, 5.41) is 5.69. The maximum Gasteiger partial charge on any atom is 0.250 e. The summed E-state index contributed by atoms with van der Waals surface area (Å²) in [7, 11) is 1.48. The molecule has 1 aliphatic heterocycles. The highest BCUT2D eigenvalue weighted by atomic mass is 16.5. The van der Waals surface area contributed by atoms with E-state index in [1.54, 1.807) is 24.3 Å². The van der Waals surface area contributed by atoms with Gasteiger partial charge in [0.25, 0.3) is 0 Å². The fourth-order valence-electron chi connectivity index (χ4n) is 2.89. The molecule has 1 aromatic rings. The number of anilines is 2. The third-order valence-corrected chi connectivity index (χ3v) is 4.34. The maximum atomic E-state index is 12.4. The number of carbonyl (C=O) groups is 2. The predicted molar refractivity (Wildman–Crippen MR) is 95.0 cm³/mol. The Hall–Kier alpha value is -1.92. The molecule has 6 heteroatoms. The summed E-state index contributed by atoms with van der Waals surface area (Å²) in [6, 6.07) is 7.66. The molecule has 1 aromatic carbocycles. The summed E-state index contributed by atoms with van der Waals surface area (Å²) < 4.78 is 4.77. The van der Waals surface area contributed by atoms with Crippen molar-refractivity contribution in [2.24, 2.45) is 5.92 Å². The number of amides is 2. The fourth-order valence-corrected chi connectivity index (χ4v) is 2.89. The molecule has 0 unspecified atom stereocenters. The summed E-state index contributed by atoms with van der Waals surface area (Å²) in [4.78, 5) is 26.2. The Morgan fingerprint density at radius 3 is 2.17 bits per heavy atom. The van der Waals surface area contributed by atoms with Gasteiger partial charge < -0.3 is 20.3 Å². The van der Waals surface area contributed by atoms with Crippen LogP contribution in [0.15, 0.2) is 24.3 Å². The highest BCUT2D eigenvalue weighted by molar-refractivity contribution is 5.94. The van der Waals surface area contributed by atoms with Gasteiger partial charge in [-0.3, -0.25) is 9.59 Å². The smallest absolute Gasteiger partial charge is 0.250 e. The van der Waals surface area contributed by atoms with Crippen LogP contribution in [-0.4, -0.2) is 49.6 Å². The van der Waals surface area contributed by atoms with Crippen molar-refractivity contribution in [3.8, 4) is 0 Å². The number of ether oxygens (including phenoxy) is 1. The Balaban J connectivity index is 1.83. The average molecular weight is 333 g/mol. The molecule has 0 spiro atoms. The average Bonchev–Trinajstić information content (AvgIpc) is 2.57. The van der Waals surface area contributed by atoms with E-state index in [9.17, 15) is 9.59 Å². The summed E-state index contributed by atoms with van der Waals surface area (Å²) in [5.74, 6) is -0.0538. The molecule has 2 N–H and O–H groups in total. The Morgan fingerprint density at radius 1 is 1.12 bits per heavy atom. The summed E-state index contributed by atoms with van der Waals surface area (Å²) in [6.07, 6.45) is 1.80. The molecule has 1 fully saturated rings. The van der Waals surface area contributed by atoms with Gasteiger partial charge in [-0.1, -0.05) is 0 Å². The largest absolute Gasteiger partial charge is 0.375 e. The lowest BCUT2D eigenvalue weighted by atomic mass is 9.95. The molecule has 0 radical (unpaired) electrons. The van der Waals surface area contributed by atoms with Gasteiger partial charge in [-0.25, -0.2) is 0 Å². The molecule has 1 saturated heterocycles. The van der Waals surface area contributed by atoms with Crippen LogP contribution in [0.1, 0.15) is 26.7 Å². The molecule has 132 valence electrons. The Labute approximate surface area is 143 Å². The number of nitrogens with one attached hydrogen (secondary N) is 2. The Morgan fingerprint density at radius 2 is 1.67 bits per heavy atom. The number of hydrogen-bond acceptors (Lipinski definition) is 4. The second kappa shape index (κ2) is 8.80. The van der Waals surface area contributed by atoms with Crippen molar-refractivity contribution in [3.63, 3.8) is 0 Å². The van der Waals surface area contributed by atoms with E-state index in [4.69, 9.17) is 4.74 Å². The number of rotatable bonds is 6. The van der Waals surface area contributed by atoms with E-state index in [2.05, 4.69) is 29.4 Å². The van der Waals surface area contributed by atoms with E-state index in [1.165, 1.54) is 7.11 Å². The number of nitrogens with zero attached hydrogens (tertiary/aromatic N) is 1. The zero-order valence-electron chi connectivity index (χ0n) is 14.7. The van der Waals surface area contributed by atoms with Crippen LogP contribution in [0.4, 0.5) is 11.4 Å². The highest BCUT2D eigenvalue weighted by Gasteiger charge is 2.25. The third-order valence-electron chi connectivity index (χ3n) is 4.34. The van der Waals surface area contributed by atoms with Crippen molar-refractivity contribution < 1.29 is 14.3 Å². The van der Waals surface area contributed by atoms with Crippen LogP contribution in [0.3, 0.4) is 0 Å². The molecule has 2 amide bonds. The quantitative estimate of drug-likeness (QED) is 0.838. The van der Waals surface area contributed by atoms with Crippen molar-refractivity contribution in [1.82, 2.24) is 4.90 Å². The van der Waals surface area contributed by atoms with Gasteiger partial charge in [0.2, 0.25) is 11.8 Å². The minimum absolute atomic E-state index is 0.0214. The van der Waals surface area contributed by atoms with Crippen LogP contribution in [0.25, 0.3) is 0 Å². The van der Waals surface area contributed by atoms with E-state index in [0.717, 1.165) is 31.6 Å². The fraction of sp³-hybridized carbons (Fsp3) is 0.556. The normalized spacial score (nSPS) is 16.2. The summed E-state index contributed by atoms with van der Waals surface area (Å²) in [6.45, 7) is 6.34. The molecule has 0 saturated carbocycles. The molecule has 6 nitrogen and oxygen atoms in total.